The predicted molar refractivity (Wildman–Crippen MR) is 30.9 cm³/mol. The van der Waals surface area contributed by atoms with Gasteiger partial charge in [0.25, 0.3) is 0 Å². The van der Waals surface area contributed by atoms with Crippen LogP contribution in [0.5, 0.6) is 0 Å². The van der Waals surface area contributed by atoms with Crippen LogP contribution >= 0.6 is 0 Å². The highest BCUT2D eigenvalue weighted by atomic mass is 32.4. The van der Waals surface area contributed by atoms with Crippen molar-refractivity contribution in [2.45, 2.75) is 0 Å². The molecule has 0 aromatic heterocycles. The molecule has 0 unspecified atom stereocenters. The largest absolute Gasteiger partial charge is 0.734 e. The van der Waals surface area contributed by atoms with Crippen molar-refractivity contribution >= 4 is 30.9 Å². The van der Waals surface area contributed by atoms with E-state index in [1.54, 1.807) is 0 Å². The minimum atomic E-state index is -6.20. The Hall–Kier alpha value is -0.310. The Labute approximate surface area is 73.4 Å². The van der Waals surface area contributed by atoms with E-state index in [1.807, 2.05) is 0 Å². The Bertz CT molecular complexity index is 397. The molecule has 80 valence electrons. The van der Waals surface area contributed by atoms with Gasteiger partial charge in [0.2, 0.25) is 0 Å². The van der Waals surface area contributed by atoms with E-state index in [4.69, 9.17) is 0 Å². The normalized spacial score (nSPS) is 14.8. The number of hydrogen-bond donors (Lipinski definition) is 0. The maximum atomic E-state index is 9.84. The van der Waals surface area contributed by atoms with Crippen molar-refractivity contribution in [3.05, 3.63) is 0 Å². The van der Waals surface area contributed by atoms with Crippen LogP contribution in [-0.4, -0.2) is 42.0 Å². The monoisotopic (exact) mass is 254 g/mol. The Morgan fingerprint density at radius 1 is 0.615 bits per heavy atom. The molecule has 13 heteroatoms. The Balaban J connectivity index is 5.87. The SMILES string of the molecule is O=S(=O)([O-])N(S(=O)(=O)[O-])S(=O)(=O)[O-]. The lowest BCUT2D eigenvalue weighted by Gasteiger charge is -2.27. The van der Waals surface area contributed by atoms with E-state index in [1.165, 1.54) is 0 Å². The van der Waals surface area contributed by atoms with Crippen LogP contribution < -0.4 is 0 Å². The molecular formula is NO9S3-3. The summed E-state index contributed by atoms with van der Waals surface area (Å²) in [6, 6.07) is 0. The first kappa shape index (κ1) is 12.7. The number of nitrogens with zero attached hydrogens (tertiary/aromatic N) is 1. The van der Waals surface area contributed by atoms with E-state index < -0.39 is 34.0 Å². The van der Waals surface area contributed by atoms with Crippen molar-refractivity contribution in [3.63, 3.8) is 0 Å². The summed E-state index contributed by atoms with van der Waals surface area (Å²) < 4.78 is 86.3. The van der Waals surface area contributed by atoms with Crippen LogP contribution in [0.2, 0.25) is 0 Å². The fraction of sp³-hybridized carbons (Fsp3) is 0. The van der Waals surface area contributed by atoms with E-state index >= 15 is 0 Å². The van der Waals surface area contributed by atoms with Gasteiger partial charge < -0.3 is 13.7 Å². The topological polar surface area (TPSA) is 175 Å². The van der Waals surface area contributed by atoms with Gasteiger partial charge in [-0.25, -0.2) is 25.3 Å². The molecule has 0 N–H and O–H groups in total. The third kappa shape index (κ3) is 3.51. The van der Waals surface area contributed by atoms with Crippen molar-refractivity contribution in [2.75, 3.05) is 0 Å². The van der Waals surface area contributed by atoms with Gasteiger partial charge in [0, 0.05) is 0 Å². The minimum absolute atomic E-state index is 2.19. The maximum Gasteiger partial charge on any atom is 0.187 e. The summed E-state index contributed by atoms with van der Waals surface area (Å²) in [5.74, 6) is 0. The summed E-state index contributed by atoms with van der Waals surface area (Å²) in [5, 5.41) is 0. The summed E-state index contributed by atoms with van der Waals surface area (Å²) in [4.78, 5) is 0. The molecule has 13 heavy (non-hydrogen) atoms. The molecule has 0 aliphatic carbocycles. The average Bonchev–Trinajstić information content (AvgIpc) is 1.44. The average molecular weight is 254 g/mol. The fourth-order valence-electron chi connectivity index (χ4n) is 0.335. The second-order valence-corrected chi connectivity index (χ2v) is 5.86. The van der Waals surface area contributed by atoms with Gasteiger partial charge in [-0.3, -0.25) is 0 Å². The highest BCUT2D eigenvalue weighted by Crippen LogP contribution is 2.08. The Morgan fingerprint density at radius 3 is 0.769 bits per heavy atom. The van der Waals surface area contributed by atoms with Crippen LogP contribution in [0.4, 0.5) is 0 Å². The molecule has 0 amide bonds. The van der Waals surface area contributed by atoms with Crippen molar-refractivity contribution in [1.29, 1.82) is 0 Å². The van der Waals surface area contributed by atoms with Gasteiger partial charge >= 0.3 is 0 Å². The van der Waals surface area contributed by atoms with E-state index in [2.05, 4.69) is 0 Å². The van der Waals surface area contributed by atoms with Crippen LogP contribution in [0.25, 0.3) is 0 Å². The Morgan fingerprint density at radius 2 is 0.769 bits per heavy atom. The number of hydrogen-bond acceptors (Lipinski definition) is 9. The number of rotatable bonds is 3. The van der Waals surface area contributed by atoms with Gasteiger partial charge in [-0.15, -0.1) is 0 Å². The third-order valence-corrected chi connectivity index (χ3v) is 4.93. The van der Waals surface area contributed by atoms with Gasteiger partial charge in [0.1, 0.15) is 0 Å². The standard InChI is InChI=1S/H3NO9S3/c2-11(3,4)1(12(5,6)7)13(8,9)10/h(H,2,3,4)(H,5,6,7)(H,8,9,10)/p-3. The van der Waals surface area contributed by atoms with Crippen molar-refractivity contribution in [3.8, 4) is 0 Å². The van der Waals surface area contributed by atoms with Gasteiger partial charge in [0.05, 0.1) is 0 Å². The lowest BCUT2D eigenvalue weighted by molar-refractivity contribution is 0.380. The first-order valence-electron chi connectivity index (χ1n) is 2.05. The van der Waals surface area contributed by atoms with Crippen LogP contribution in [0.15, 0.2) is 0 Å². The fourth-order valence-corrected chi connectivity index (χ4v) is 3.02. The quantitative estimate of drug-likeness (QED) is 0.466. The highest BCUT2D eigenvalue weighted by Gasteiger charge is 2.26. The molecule has 0 rings (SSSR count). The molecule has 0 bridgehead atoms. The van der Waals surface area contributed by atoms with Crippen molar-refractivity contribution in [2.24, 2.45) is 0 Å². The zero-order valence-electron chi connectivity index (χ0n) is 5.35. The molecule has 0 saturated heterocycles. The smallest absolute Gasteiger partial charge is 0.187 e. The molecule has 0 aliphatic rings. The molecular weight excluding hydrogens is 254 g/mol. The van der Waals surface area contributed by atoms with E-state index in [0.29, 0.717) is 0 Å². The first-order valence-corrected chi connectivity index (χ1v) is 6.14. The lowest BCUT2D eigenvalue weighted by Crippen LogP contribution is -2.40. The Kier molecular flexibility index (Phi) is 3.05. The van der Waals surface area contributed by atoms with Crippen LogP contribution in [0, 0.1) is 0 Å². The summed E-state index contributed by atoms with van der Waals surface area (Å²) in [6.45, 7) is 0. The molecule has 0 atom stereocenters. The van der Waals surface area contributed by atoms with Crippen molar-refractivity contribution < 1.29 is 38.9 Å². The van der Waals surface area contributed by atoms with Crippen LogP contribution in [0.3, 0.4) is 0 Å². The molecule has 0 aromatic rings. The second kappa shape index (κ2) is 3.12. The van der Waals surface area contributed by atoms with Crippen LogP contribution in [0.1, 0.15) is 0 Å². The zero-order chi connectivity index (χ0) is 11.1. The lowest BCUT2D eigenvalue weighted by atomic mass is 13.8. The van der Waals surface area contributed by atoms with Gasteiger partial charge in [0.15, 0.2) is 30.9 Å². The molecule has 10 nitrogen and oxygen atoms in total. The van der Waals surface area contributed by atoms with Gasteiger partial charge in [-0.2, -0.15) is 0 Å². The zero-order valence-corrected chi connectivity index (χ0v) is 7.80. The van der Waals surface area contributed by atoms with Crippen molar-refractivity contribution in [1.82, 2.24) is 3.12 Å². The summed E-state index contributed by atoms with van der Waals surface area (Å²) in [7, 11) is -18.6. The molecule has 0 heterocycles. The highest BCUT2D eigenvalue weighted by molar-refractivity contribution is 8.12. The predicted octanol–water partition coefficient (Wildman–Crippen LogP) is -3.33. The molecule has 0 radical (unpaired) electrons. The first-order chi connectivity index (χ1) is 5.37. The van der Waals surface area contributed by atoms with E-state index in [0.717, 1.165) is 0 Å². The van der Waals surface area contributed by atoms with Gasteiger partial charge in [-0.1, -0.05) is 0 Å². The molecule has 0 aromatic carbocycles. The second-order valence-electron chi connectivity index (χ2n) is 1.51. The minimum Gasteiger partial charge on any atom is -0.734 e. The summed E-state index contributed by atoms with van der Waals surface area (Å²) in [5.41, 5.74) is 0. The van der Waals surface area contributed by atoms with E-state index in [9.17, 15) is 38.9 Å². The summed E-state index contributed by atoms with van der Waals surface area (Å²) >= 11 is 0. The third-order valence-electron chi connectivity index (χ3n) is 0.548. The maximum absolute atomic E-state index is 9.84. The molecule has 0 aliphatic heterocycles. The summed E-state index contributed by atoms with van der Waals surface area (Å²) in [6.07, 6.45) is 0. The molecule has 0 saturated carbocycles. The van der Waals surface area contributed by atoms with Crippen LogP contribution in [-0.2, 0) is 30.9 Å². The molecule has 0 spiro atoms. The van der Waals surface area contributed by atoms with Gasteiger partial charge in [-0.05, 0) is 3.12 Å². The van der Waals surface area contributed by atoms with E-state index in [-0.39, 0.29) is 0 Å². The molecule has 0 fully saturated rings.